The highest BCUT2D eigenvalue weighted by Crippen LogP contribution is 2.33. The molecule has 0 spiro atoms. The lowest BCUT2D eigenvalue weighted by Gasteiger charge is -2.29. The highest BCUT2D eigenvalue weighted by atomic mass is 32.2. The fourth-order valence-corrected chi connectivity index (χ4v) is 7.13. The van der Waals surface area contributed by atoms with Crippen molar-refractivity contribution in [1.82, 2.24) is 0 Å². The van der Waals surface area contributed by atoms with Crippen molar-refractivity contribution in [1.29, 1.82) is 0 Å². The number of pyridine rings is 1. The molecule has 0 aliphatic carbocycles. The van der Waals surface area contributed by atoms with Crippen molar-refractivity contribution in [2.45, 2.75) is 72.3 Å². The molecule has 0 saturated carbocycles. The number of rotatable bonds is 19. The average Bonchev–Trinajstić information content (AvgIpc) is 3.10. The van der Waals surface area contributed by atoms with Crippen molar-refractivity contribution < 1.29 is 50.6 Å². The zero-order valence-corrected chi connectivity index (χ0v) is 32.4. The fourth-order valence-electron chi connectivity index (χ4n) is 6.63. The van der Waals surface area contributed by atoms with Crippen LogP contribution in [-0.4, -0.2) is 83.2 Å². The first-order valence-electron chi connectivity index (χ1n) is 18.0. The van der Waals surface area contributed by atoms with E-state index in [1.807, 2.05) is 28.8 Å². The van der Waals surface area contributed by atoms with Crippen molar-refractivity contribution in [2.24, 2.45) is 0 Å². The number of benzene rings is 3. The summed E-state index contributed by atoms with van der Waals surface area (Å²) in [6.07, 6.45) is 6.81. The molecule has 1 N–H and O–H groups in total. The molecule has 0 unspecified atom stereocenters. The summed E-state index contributed by atoms with van der Waals surface area (Å²) in [5.74, 6) is -0.109. The number of quaternary nitrogens is 1. The first kappa shape index (κ1) is 40.5. The average molecular weight is 739 g/mol. The maximum absolute atomic E-state index is 14.4. The van der Waals surface area contributed by atoms with Crippen molar-refractivity contribution in [3.63, 3.8) is 0 Å². The summed E-state index contributed by atoms with van der Waals surface area (Å²) < 4.78 is 58.4. The van der Waals surface area contributed by atoms with Crippen LogP contribution < -0.4 is 18.8 Å². The van der Waals surface area contributed by atoms with Crippen LogP contribution in [0.1, 0.15) is 83.7 Å². The Labute approximate surface area is 307 Å². The lowest BCUT2D eigenvalue weighted by atomic mass is 10.0. The van der Waals surface area contributed by atoms with Gasteiger partial charge in [0.15, 0.2) is 6.54 Å². The summed E-state index contributed by atoms with van der Waals surface area (Å²) >= 11 is 0. The van der Waals surface area contributed by atoms with Crippen LogP contribution in [0.3, 0.4) is 0 Å². The molecule has 282 valence electrons. The Morgan fingerprint density at radius 2 is 1.38 bits per heavy atom. The number of aryl methyl sites for hydroxylation is 3. The number of unbranched alkanes of at least 4 members (excludes halogenated alkanes) is 4. The zero-order valence-electron chi connectivity index (χ0n) is 31.6. The fraction of sp³-hybridized carbons (Fsp3) is 0.475. The molecular formula is C40H54N2O9S+2. The van der Waals surface area contributed by atoms with Crippen LogP contribution >= 0.6 is 0 Å². The molecule has 11 nitrogen and oxygen atoms in total. The van der Waals surface area contributed by atoms with Crippen LogP contribution in [0.15, 0.2) is 48.5 Å². The predicted molar refractivity (Wildman–Crippen MR) is 202 cm³/mol. The number of ether oxygens (including phenoxy) is 4. The topological polar surface area (TPSA) is 129 Å². The number of esters is 2. The maximum Gasteiger partial charge on any atom is 0.345 e. The second-order valence-corrected chi connectivity index (χ2v) is 15.6. The largest absolute Gasteiger partial charge is 0.497 e. The Balaban J connectivity index is 1.70. The van der Waals surface area contributed by atoms with Crippen LogP contribution in [0.25, 0.3) is 21.8 Å². The Kier molecular flexibility index (Phi) is 14.0. The van der Waals surface area contributed by atoms with E-state index in [2.05, 4.69) is 21.0 Å². The molecule has 52 heavy (non-hydrogen) atoms. The van der Waals surface area contributed by atoms with E-state index in [1.165, 1.54) is 33.6 Å². The Morgan fingerprint density at radius 1 is 0.788 bits per heavy atom. The monoisotopic (exact) mass is 738 g/mol. The van der Waals surface area contributed by atoms with Gasteiger partial charge in [-0.05, 0) is 93.5 Å². The van der Waals surface area contributed by atoms with Gasteiger partial charge in [0, 0.05) is 18.6 Å². The van der Waals surface area contributed by atoms with Gasteiger partial charge < -0.3 is 23.4 Å². The quantitative estimate of drug-likeness (QED) is 0.0206. The summed E-state index contributed by atoms with van der Waals surface area (Å²) in [6.45, 7) is 8.85. The highest BCUT2D eigenvalue weighted by Gasteiger charge is 2.28. The minimum Gasteiger partial charge on any atom is -0.497 e. The number of hydrogen-bond acceptors (Lipinski definition) is 8. The van der Waals surface area contributed by atoms with Crippen molar-refractivity contribution in [3.8, 4) is 17.2 Å². The molecule has 3 aromatic carbocycles. The second-order valence-electron chi connectivity index (χ2n) is 14.0. The third kappa shape index (κ3) is 10.6. The highest BCUT2D eigenvalue weighted by molar-refractivity contribution is 7.85. The zero-order chi connectivity index (χ0) is 38.1. The first-order chi connectivity index (χ1) is 24.7. The normalized spacial score (nSPS) is 11.9. The summed E-state index contributed by atoms with van der Waals surface area (Å²) in [6, 6.07) is 14.1. The number of nitrogens with zero attached hydrogens (tertiary/aromatic N) is 2. The van der Waals surface area contributed by atoms with Gasteiger partial charge in [0.05, 0.1) is 75.7 Å². The van der Waals surface area contributed by atoms with Gasteiger partial charge in [-0.25, -0.2) is 9.59 Å². The molecule has 0 atom stereocenters. The molecular weight excluding hydrogens is 685 g/mol. The molecule has 0 fully saturated rings. The molecule has 0 radical (unpaired) electrons. The van der Waals surface area contributed by atoms with Crippen LogP contribution in [0, 0.1) is 13.8 Å². The lowest BCUT2D eigenvalue weighted by Crippen LogP contribution is -2.41. The Hall–Kier alpha value is -4.26. The molecule has 0 aliphatic rings. The molecule has 0 aliphatic heterocycles. The van der Waals surface area contributed by atoms with Gasteiger partial charge in [0.25, 0.3) is 10.1 Å². The van der Waals surface area contributed by atoms with E-state index in [-0.39, 0.29) is 18.5 Å². The van der Waals surface area contributed by atoms with Crippen molar-refractivity contribution >= 4 is 43.9 Å². The minimum absolute atomic E-state index is 0.140. The number of hydrogen-bond donors (Lipinski definition) is 1. The summed E-state index contributed by atoms with van der Waals surface area (Å²) in [7, 11) is 3.25. The number of carbonyl (C=O) groups is 2. The summed E-state index contributed by atoms with van der Waals surface area (Å²) in [4.78, 5) is 26.6. The van der Waals surface area contributed by atoms with E-state index < -0.39 is 27.8 Å². The molecule has 0 amide bonds. The Bertz CT molecular complexity index is 1980. The van der Waals surface area contributed by atoms with Crippen LogP contribution in [0.5, 0.6) is 17.2 Å². The molecule has 4 rings (SSSR count). The summed E-state index contributed by atoms with van der Waals surface area (Å²) in [5.41, 5.74) is 3.11. The number of aromatic nitrogens is 1. The maximum atomic E-state index is 14.4. The summed E-state index contributed by atoms with van der Waals surface area (Å²) in [5, 5.41) is 1.08. The van der Waals surface area contributed by atoms with E-state index in [1.54, 1.807) is 38.1 Å². The van der Waals surface area contributed by atoms with Gasteiger partial charge in [0.2, 0.25) is 11.0 Å². The number of carbonyl (C=O) groups excluding carboxylic acids is 2. The minimum atomic E-state index is -4.18. The van der Waals surface area contributed by atoms with E-state index in [4.69, 9.17) is 18.9 Å². The number of methoxy groups -OCH3 is 2. The van der Waals surface area contributed by atoms with Crippen molar-refractivity contribution in [3.05, 3.63) is 70.8 Å². The SMILES string of the molecule is CCCC[N+](C)(C)CCCCCCOc1ccc2c(c1)c(C(=O)Oc1c(C)cc(C(=O)OC)cc1C)c1cc(OC)ccc1[n+]2CCCS(=O)(=O)O. The second kappa shape index (κ2) is 18.0. The van der Waals surface area contributed by atoms with E-state index >= 15 is 0 Å². The third-order valence-corrected chi connectivity index (χ3v) is 10.2. The van der Waals surface area contributed by atoms with Gasteiger partial charge in [-0.2, -0.15) is 13.0 Å². The van der Waals surface area contributed by atoms with Gasteiger partial charge in [-0.1, -0.05) is 13.3 Å². The predicted octanol–water partition coefficient (Wildman–Crippen LogP) is 7.01. The number of fused-ring (bicyclic) bond motifs is 2. The van der Waals surface area contributed by atoms with E-state index in [0.717, 1.165) is 36.7 Å². The molecule has 12 heteroatoms. The van der Waals surface area contributed by atoms with Gasteiger partial charge in [-0.15, -0.1) is 0 Å². The first-order valence-corrected chi connectivity index (χ1v) is 19.6. The molecule has 1 heterocycles. The van der Waals surface area contributed by atoms with Crippen LogP contribution in [0.2, 0.25) is 0 Å². The van der Waals surface area contributed by atoms with Gasteiger partial charge in [-0.3, -0.25) is 4.55 Å². The van der Waals surface area contributed by atoms with Gasteiger partial charge >= 0.3 is 11.9 Å². The molecule has 0 bridgehead atoms. The molecule has 0 saturated heterocycles. The van der Waals surface area contributed by atoms with Crippen molar-refractivity contribution in [2.75, 3.05) is 53.8 Å². The van der Waals surface area contributed by atoms with E-state index in [0.29, 0.717) is 62.4 Å². The van der Waals surface area contributed by atoms with Crippen LogP contribution in [-0.2, 0) is 21.4 Å². The molecule has 1 aromatic heterocycles. The lowest BCUT2D eigenvalue weighted by molar-refractivity contribution is -0.890. The van der Waals surface area contributed by atoms with Gasteiger partial charge in [0.1, 0.15) is 17.2 Å². The standard InChI is InChI=1S/C40H53N2O9S/c1-8-9-20-42(4,5)21-12-10-11-13-22-50-32-16-18-36-34(27-32)37(40(44)51-38-28(2)24-30(25-29(38)3)39(43)49-7)33-26-31(48-6)15-17-35(33)41(36)19-14-23-52(45,46)47/h15-18,24-27H,8-14,19-23H2,1-7H3/q+1/p+1. The van der Waals surface area contributed by atoms with Crippen LogP contribution in [0.4, 0.5) is 0 Å². The van der Waals surface area contributed by atoms with E-state index in [9.17, 15) is 22.6 Å². The Morgan fingerprint density at radius 3 is 1.98 bits per heavy atom. The molecule has 4 aromatic rings. The smallest absolute Gasteiger partial charge is 0.345 e. The third-order valence-electron chi connectivity index (χ3n) is 9.40.